The van der Waals surface area contributed by atoms with Crippen LogP contribution in [-0.2, 0) is 0 Å². The summed E-state index contributed by atoms with van der Waals surface area (Å²) in [6.45, 7) is 3.64. The summed E-state index contributed by atoms with van der Waals surface area (Å²) in [5.74, 6) is 5.80. The molecule has 0 aliphatic carbocycles. The van der Waals surface area contributed by atoms with Crippen LogP contribution >= 0.6 is 0 Å². The van der Waals surface area contributed by atoms with Crippen LogP contribution in [0.15, 0.2) is 43.0 Å². The van der Waals surface area contributed by atoms with E-state index in [1.807, 2.05) is 36.4 Å². The first kappa shape index (κ1) is 11.6. The predicted octanol–water partition coefficient (Wildman–Crippen LogP) is 3.08. The van der Waals surface area contributed by atoms with E-state index in [-0.39, 0.29) is 0 Å². The van der Waals surface area contributed by atoms with Crippen molar-refractivity contribution in [2.45, 2.75) is 25.4 Å². The van der Waals surface area contributed by atoms with Crippen molar-refractivity contribution in [1.82, 2.24) is 0 Å². The maximum absolute atomic E-state index is 9.68. The number of hydrogen-bond acceptors (Lipinski definition) is 1. The molecular weight excluding hydrogens is 184 g/mol. The lowest BCUT2D eigenvalue weighted by atomic mass is 10.1. The van der Waals surface area contributed by atoms with Gasteiger partial charge in [0.05, 0.1) is 0 Å². The number of hydrogen-bond donors (Lipinski definition) is 1. The van der Waals surface area contributed by atoms with Gasteiger partial charge in [0.15, 0.2) is 0 Å². The lowest BCUT2D eigenvalue weighted by Gasteiger charge is -2.01. The number of aliphatic hydroxyl groups excluding tert-OH is 1. The standard InChI is InChI=1S/C14H16O/c1-2-3-4-5-9-12-14(15)13-10-7-6-8-11-13/h2,6-8,10-11,14-15H,1,3-5H2. The van der Waals surface area contributed by atoms with E-state index in [1.54, 1.807) is 0 Å². The van der Waals surface area contributed by atoms with Gasteiger partial charge in [-0.05, 0) is 18.4 Å². The largest absolute Gasteiger partial charge is 0.376 e. The van der Waals surface area contributed by atoms with Crippen LogP contribution in [0.25, 0.3) is 0 Å². The van der Waals surface area contributed by atoms with Gasteiger partial charge < -0.3 is 5.11 Å². The Labute approximate surface area is 91.5 Å². The van der Waals surface area contributed by atoms with Crippen molar-refractivity contribution in [3.8, 4) is 11.8 Å². The summed E-state index contributed by atoms with van der Waals surface area (Å²) in [5, 5.41) is 9.68. The third-order valence-electron chi connectivity index (χ3n) is 2.06. The van der Waals surface area contributed by atoms with Crippen LogP contribution in [0.1, 0.15) is 30.9 Å². The van der Waals surface area contributed by atoms with E-state index in [4.69, 9.17) is 0 Å². The summed E-state index contributed by atoms with van der Waals surface area (Å²) < 4.78 is 0. The fourth-order valence-electron chi connectivity index (χ4n) is 1.22. The first-order valence-corrected chi connectivity index (χ1v) is 5.17. The summed E-state index contributed by atoms with van der Waals surface area (Å²) in [6.07, 6.45) is 4.04. The monoisotopic (exact) mass is 200 g/mol. The smallest absolute Gasteiger partial charge is 0.140 e. The van der Waals surface area contributed by atoms with Gasteiger partial charge in [-0.1, -0.05) is 42.3 Å². The van der Waals surface area contributed by atoms with E-state index < -0.39 is 6.10 Å². The lowest BCUT2D eigenvalue weighted by molar-refractivity contribution is 0.238. The zero-order chi connectivity index (χ0) is 10.9. The Balaban J connectivity index is 2.41. The lowest BCUT2D eigenvalue weighted by Crippen LogP contribution is -1.92. The average Bonchev–Trinajstić information content (AvgIpc) is 2.30. The molecule has 0 aliphatic rings. The van der Waals surface area contributed by atoms with Gasteiger partial charge in [-0.3, -0.25) is 0 Å². The van der Waals surface area contributed by atoms with Crippen LogP contribution in [-0.4, -0.2) is 5.11 Å². The predicted molar refractivity (Wildman–Crippen MR) is 63.2 cm³/mol. The van der Waals surface area contributed by atoms with Gasteiger partial charge in [-0.15, -0.1) is 12.5 Å². The average molecular weight is 200 g/mol. The quantitative estimate of drug-likeness (QED) is 0.450. The molecule has 1 rings (SSSR count). The van der Waals surface area contributed by atoms with E-state index >= 15 is 0 Å². The Kier molecular flexibility index (Phi) is 5.29. The molecule has 0 aliphatic heterocycles. The van der Waals surface area contributed by atoms with E-state index in [2.05, 4.69) is 18.4 Å². The second kappa shape index (κ2) is 6.86. The van der Waals surface area contributed by atoms with Crippen LogP contribution in [0.3, 0.4) is 0 Å². The molecule has 1 N–H and O–H groups in total. The Morgan fingerprint density at radius 3 is 2.73 bits per heavy atom. The van der Waals surface area contributed by atoms with Crippen molar-refractivity contribution >= 4 is 0 Å². The maximum Gasteiger partial charge on any atom is 0.140 e. The fourth-order valence-corrected chi connectivity index (χ4v) is 1.22. The molecule has 1 unspecified atom stereocenters. The minimum atomic E-state index is -0.657. The van der Waals surface area contributed by atoms with Gasteiger partial charge >= 0.3 is 0 Å². The third kappa shape index (κ3) is 4.49. The number of allylic oxidation sites excluding steroid dienone is 1. The van der Waals surface area contributed by atoms with E-state index in [0.717, 1.165) is 24.8 Å². The Morgan fingerprint density at radius 2 is 2.07 bits per heavy atom. The van der Waals surface area contributed by atoms with Gasteiger partial charge in [-0.25, -0.2) is 0 Å². The van der Waals surface area contributed by atoms with Gasteiger partial charge in [0, 0.05) is 6.42 Å². The first-order chi connectivity index (χ1) is 7.34. The SMILES string of the molecule is C=CCCCC#CC(O)c1ccccc1. The molecule has 0 saturated carbocycles. The summed E-state index contributed by atoms with van der Waals surface area (Å²) in [5.41, 5.74) is 0.855. The third-order valence-corrected chi connectivity index (χ3v) is 2.06. The molecule has 78 valence electrons. The molecule has 0 spiro atoms. The topological polar surface area (TPSA) is 20.2 Å². The van der Waals surface area contributed by atoms with Crippen molar-refractivity contribution < 1.29 is 5.11 Å². The summed E-state index contributed by atoms with van der Waals surface area (Å²) in [6, 6.07) is 9.48. The molecule has 1 nitrogen and oxygen atoms in total. The molecular formula is C14H16O. The zero-order valence-corrected chi connectivity index (χ0v) is 8.82. The zero-order valence-electron chi connectivity index (χ0n) is 8.82. The van der Waals surface area contributed by atoms with Crippen molar-refractivity contribution in [2.75, 3.05) is 0 Å². The van der Waals surface area contributed by atoms with Gasteiger partial charge in [0.2, 0.25) is 0 Å². The van der Waals surface area contributed by atoms with E-state index in [0.29, 0.717) is 0 Å². The normalized spacial score (nSPS) is 11.3. The van der Waals surface area contributed by atoms with Crippen molar-refractivity contribution in [3.05, 3.63) is 48.6 Å². The summed E-state index contributed by atoms with van der Waals surface area (Å²) in [4.78, 5) is 0. The van der Waals surface area contributed by atoms with Crippen LogP contribution < -0.4 is 0 Å². The van der Waals surface area contributed by atoms with Gasteiger partial charge in [0.1, 0.15) is 6.10 Å². The highest BCUT2D eigenvalue weighted by Crippen LogP contribution is 2.10. The molecule has 15 heavy (non-hydrogen) atoms. The van der Waals surface area contributed by atoms with Crippen LogP contribution in [0.2, 0.25) is 0 Å². The number of aliphatic hydroxyl groups is 1. The van der Waals surface area contributed by atoms with Crippen molar-refractivity contribution in [1.29, 1.82) is 0 Å². The van der Waals surface area contributed by atoms with Crippen LogP contribution in [0.5, 0.6) is 0 Å². The first-order valence-electron chi connectivity index (χ1n) is 5.17. The minimum absolute atomic E-state index is 0.657. The van der Waals surface area contributed by atoms with E-state index in [1.165, 1.54) is 0 Å². The molecule has 1 aromatic carbocycles. The Morgan fingerprint density at radius 1 is 1.33 bits per heavy atom. The molecule has 1 heteroatoms. The Bertz CT molecular complexity index is 343. The highest BCUT2D eigenvalue weighted by Gasteiger charge is 2.00. The van der Waals surface area contributed by atoms with Gasteiger partial charge in [0.25, 0.3) is 0 Å². The number of benzene rings is 1. The molecule has 0 fully saturated rings. The van der Waals surface area contributed by atoms with Crippen LogP contribution in [0, 0.1) is 11.8 Å². The Hall–Kier alpha value is -1.52. The highest BCUT2D eigenvalue weighted by molar-refractivity contribution is 5.24. The second-order valence-corrected chi connectivity index (χ2v) is 3.32. The van der Waals surface area contributed by atoms with Crippen LogP contribution in [0.4, 0.5) is 0 Å². The van der Waals surface area contributed by atoms with Crippen molar-refractivity contribution in [2.24, 2.45) is 0 Å². The van der Waals surface area contributed by atoms with Crippen molar-refractivity contribution in [3.63, 3.8) is 0 Å². The summed E-state index contributed by atoms with van der Waals surface area (Å²) >= 11 is 0. The molecule has 0 saturated heterocycles. The number of unbranched alkanes of at least 4 members (excludes halogenated alkanes) is 2. The molecule has 0 aromatic heterocycles. The maximum atomic E-state index is 9.68. The van der Waals surface area contributed by atoms with E-state index in [9.17, 15) is 5.11 Å². The second-order valence-electron chi connectivity index (χ2n) is 3.32. The summed E-state index contributed by atoms with van der Waals surface area (Å²) in [7, 11) is 0. The molecule has 0 radical (unpaired) electrons. The molecule has 0 bridgehead atoms. The number of rotatable bonds is 4. The molecule has 1 atom stereocenters. The molecule has 0 amide bonds. The minimum Gasteiger partial charge on any atom is -0.376 e. The molecule has 0 heterocycles. The highest BCUT2D eigenvalue weighted by atomic mass is 16.3. The fraction of sp³-hybridized carbons (Fsp3) is 0.286. The van der Waals surface area contributed by atoms with Gasteiger partial charge in [-0.2, -0.15) is 0 Å². The molecule has 1 aromatic rings.